The van der Waals surface area contributed by atoms with Gasteiger partial charge in [-0.3, -0.25) is 0 Å². The molecule has 6 aromatic rings. The molecule has 2 aliphatic rings. The van der Waals surface area contributed by atoms with Gasteiger partial charge >= 0.3 is 0 Å². The smallest absolute Gasteiger partial charge is 0.0888 e. The van der Waals surface area contributed by atoms with Gasteiger partial charge in [-0.05, 0) is 75.7 Å². The first-order valence-electron chi connectivity index (χ1n) is 15.9. The van der Waals surface area contributed by atoms with Crippen LogP contribution in [0.3, 0.4) is 0 Å². The highest BCUT2D eigenvalue weighted by atomic mass is 32.2. The molecule has 8 rings (SSSR count). The Morgan fingerprint density at radius 3 is 2.13 bits per heavy atom. The van der Waals surface area contributed by atoms with Gasteiger partial charge in [-0.25, -0.2) is 0 Å². The van der Waals surface area contributed by atoms with Crippen molar-refractivity contribution in [3.63, 3.8) is 0 Å². The summed E-state index contributed by atoms with van der Waals surface area (Å²) in [4.78, 5) is 2.67. The summed E-state index contributed by atoms with van der Waals surface area (Å²) in [6.45, 7) is 7.24. The largest absolute Gasteiger partial charge is 0.238 e. The molecule has 0 saturated carbocycles. The van der Waals surface area contributed by atoms with E-state index < -0.39 is 0 Å². The van der Waals surface area contributed by atoms with Gasteiger partial charge in [0.15, 0.2) is 0 Å². The molecule has 0 aromatic heterocycles. The number of hydrogen-bond donors (Lipinski definition) is 0. The third kappa shape index (κ3) is 4.98. The number of benzene rings is 6. The highest BCUT2D eigenvalue weighted by molar-refractivity contribution is 7.99. The Morgan fingerprint density at radius 2 is 1.33 bits per heavy atom. The molecule has 2 heteroatoms. The fourth-order valence-corrected chi connectivity index (χ4v) is 8.48. The van der Waals surface area contributed by atoms with E-state index in [-0.39, 0.29) is 12.1 Å². The minimum absolute atomic E-state index is 0.108. The van der Waals surface area contributed by atoms with Crippen molar-refractivity contribution in [2.75, 3.05) is 0 Å². The van der Waals surface area contributed by atoms with E-state index in [0.29, 0.717) is 0 Å². The summed E-state index contributed by atoms with van der Waals surface area (Å²) in [5.74, 6) is 0. The van der Waals surface area contributed by atoms with E-state index >= 15 is 0 Å². The van der Waals surface area contributed by atoms with E-state index in [1.54, 1.807) is 0 Å². The predicted octanol–water partition coefficient (Wildman–Crippen LogP) is 10.7. The second-order valence-corrected chi connectivity index (χ2v) is 14.2. The van der Waals surface area contributed by atoms with Gasteiger partial charge in [-0.1, -0.05) is 175 Å². The first kappa shape index (κ1) is 28.0. The fourth-order valence-electron chi connectivity index (χ4n) is 7.29. The monoisotopic (exact) mass is 594 g/mol. The van der Waals surface area contributed by atoms with Gasteiger partial charge in [-0.2, -0.15) is 0 Å². The van der Waals surface area contributed by atoms with Crippen molar-refractivity contribution in [2.45, 2.75) is 37.0 Å². The van der Waals surface area contributed by atoms with Crippen molar-refractivity contribution in [3.8, 4) is 33.4 Å². The third-order valence-electron chi connectivity index (χ3n) is 9.76. The van der Waals surface area contributed by atoms with Crippen LogP contribution in [0.1, 0.15) is 25.8 Å². The Kier molecular flexibility index (Phi) is 6.92. The zero-order chi connectivity index (χ0) is 30.5. The van der Waals surface area contributed by atoms with E-state index in [4.69, 9.17) is 0 Å². The van der Waals surface area contributed by atoms with Gasteiger partial charge in [0, 0.05) is 15.2 Å². The summed E-state index contributed by atoms with van der Waals surface area (Å²) < 4.78 is 0. The van der Waals surface area contributed by atoms with Crippen LogP contribution in [0.25, 0.3) is 44.2 Å². The van der Waals surface area contributed by atoms with Crippen molar-refractivity contribution < 1.29 is 0 Å². The standard InChI is InChI=1S/C43H35BS/c1-29-11-4-5-17-38(29)44(41-19-6-7-26-43(41,2)3)35-23-20-30(21-24-35)32-14-8-15-33(27-32)34-22-25-36-37-16-9-12-31-13-10-18-39(42(31)37)45-40(36)28-34/h4-25,27-28H,26H2,1-3H3. The maximum atomic E-state index is 2.38. The van der Waals surface area contributed by atoms with Crippen LogP contribution in [0, 0.1) is 12.3 Å². The Labute approximate surface area is 271 Å². The molecule has 45 heavy (non-hydrogen) atoms. The zero-order valence-corrected chi connectivity index (χ0v) is 26.9. The SMILES string of the molecule is Cc1ccccc1B(C1=CC=CCC1(C)C)c1ccc(-c2cccc(-c3ccc4c(c3)Sc3cccc5cccc-4c35)c2)cc1. The molecule has 0 saturated heterocycles. The van der Waals surface area contributed by atoms with E-state index in [1.165, 1.54) is 75.9 Å². The van der Waals surface area contributed by atoms with Crippen molar-refractivity contribution in [1.29, 1.82) is 0 Å². The zero-order valence-electron chi connectivity index (χ0n) is 26.0. The summed E-state index contributed by atoms with van der Waals surface area (Å²) in [5.41, 5.74) is 13.3. The first-order valence-corrected chi connectivity index (χ1v) is 16.8. The normalized spacial score (nSPS) is 14.6. The Morgan fingerprint density at radius 1 is 0.622 bits per heavy atom. The van der Waals surface area contributed by atoms with Gasteiger partial charge in [0.1, 0.15) is 0 Å². The van der Waals surface area contributed by atoms with E-state index in [0.717, 1.165) is 6.42 Å². The third-order valence-corrected chi connectivity index (χ3v) is 10.9. The van der Waals surface area contributed by atoms with Gasteiger partial charge < -0.3 is 0 Å². The summed E-state index contributed by atoms with van der Waals surface area (Å²) in [6.07, 6.45) is 7.96. The minimum atomic E-state index is 0.108. The Hall–Kier alpha value is -4.53. The van der Waals surface area contributed by atoms with Gasteiger partial charge in [0.2, 0.25) is 6.71 Å². The molecule has 6 aromatic carbocycles. The number of fused-ring (bicyclic) bond motifs is 2. The van der Waals surface area contributed by atoms with Gasteiger partial charge in [-0.15, -0.1) is 0 Å². The highest BCUT2D eigenvalue weighted by Gasteiger charge is 2.35. The molecule has 1 heterocycles. The lowest BCUT2D eigenvalue weighted by Crippen LogP contribution is -2.49. The highest BCUT2D eigenvalue weighted by Crippen LogP contribution is 2.48. The van der Waals surface area contributed by atoms with Crippen LogP contribution in [0.2, 0.25) is 0 Å². The van der Waals surface area contributed by atoms with E-state index in [2.05, 4.69) is 166 Å². The summed E-state index contributed by atoms with van der Waals surface area (Å²) in [5, 5.41) is 2.69. The molecule has 1 aliphatic heterocycles. The molecule has 0 spiro atoms. The number of allylic oxidation sites excluding steroid dienone is 4. The topological polar surface area (TPSA) is 0 Å². The average molecular weight is 595 g/mol. The lowest BCUT2D eigenvalue weighted by molar-refractivity contribution is 0.470. The molecule has 0 radical (unpaired) electrons. The van der Waals surface area contributed by atoms with Crippen molar-refractivity contribution in [1.82, 2.24) is 0 Å². The molecule has 0 fully saturated rings. The maximum Gasteiger partial charge on any atom is 0.238 e. The maximum absolute atomic E-state index is 2.38. The summed E-state index contributed by atoms with van der Waals surface area (Å²) in [7, 11) is 0. The van der Waals surface area contributed by atoms with Crippen LogP contribution < -0.4 is 10.9 Å². The molecular formula is C43H35BS. The molecule has 0 atom stereocenters. The van der Waals surface area contributed by atoms with Crippen LogP contribution >= 0.6 is 11.8 Å². The number of hydrogen-bond acceptors (Lipinski definition) is 1. The number of aryl methyl sites for hydroxylation is 1. The molecule has 0 bridgehead atoms. The molecule has 0 unspecified atom stereocenters. The van der Waals surface area contributed by atoms with Gasteiger partial charge in [0.05, 0.1) is 0 Å². The Bertz CT molecular complexity index is 2140. The first-order chi connectivity index (χ1) is 22.0. The second-order valence-electron chi connectivity index (χ2n) is 13.1. The molecule has 0 amide bonds. The van der Waals surface area contributed by atoms with Crippen molar-refractivity contribution in [2.24, 2.45) is 5.41 Å². The molecular weight excluding hydrogens is 559 g/mol. The predicted molar refractivity (Wildman–Crippen MR) is 196 cm³/mol. The second kappa shape index (κ2) is 11.1. The molecule has 0 nitrogen and oxygen atoms in total. The quantitative estimate of drug-likeness (QED) is 0.179. The summed E-state index contributed by atoms with van der Waals surface area (Å²) >= 11 is 1.89. The fraction of sp³-hybridized carbons (Fsp3) is 0.116. The van der Waals surface area contributed by atoms with Crippen LogP contribution in [0.5, 0.6) is 0 Å². The van der Waals surface area contributed by atoms with Crippen LogP contribution in [-0.2, 0) is 0 Å². The van der Waals surface area contributed by atoms with Gasteiger partial charge in [0.25, 0.3) is 0 Å². The van der Waals surface area contributed by atoms with E-state index in [1.807, 2.05) is 11.8 Å². The lowest BCUT2D eigenvalue weighted by Gasteiger charge is -2.34. The van der Waals surface area contributed by atoms with Crippen LogP contribution in [-0.4, -0.2) is 6.71 Å². The minimum Gasteiger partial charge on any atom is -0.0888 e. The summed E-state index contributed by atoms with van der Waals surface area (Å²) in [6, 6.07) is 47.5. The lowest BCUT2D eigenvalue weighted by atomic mass is 9.31. The van der Waals surface area contributed by atoms with Crippen LogP contribution in [0.15, 0.2) is 161 Å². The average Bonchev–Trinajstić information content (AvgIpc) is 3.07. The van der Waals surface area contributed by atoms with Crippen molar-refractivity contribution >= 4 is 40.2 Å². The van der Waals surface area contributed by atoms with Crippen molar-refractivity contribution in [3.05, 3.63) is 157 Å². The van der Waals surface area contributed by atoms with E-state index in [9.17, 15) is 0 Å². The Balaban J connectivity index is 1.14. The number of rotatable bonds is 5. The molecule has 0 N–H and O–H groups in total. The molecule has 1 aliphatic carbocycles. The van der Waals surface area contributed by atoms with Crippen LogP contribution in [0.4, 0.5) is 0 Å². The molecule has 216 valence electrons.